The van der Waals surface area contributed by atoms with Gasteiger partial charge in [0.25, 0.3) is 5.91 Å². The molecule has 0 bridgehead atoms. The van der Waals surface area contributed by atoms with Crippen LogP contribution in [0.3, 0.4) is 0 Å². The molecule has 1 aromatic heterocycles. The maximum Gasteiger partial charge on any atom is 0.259 e. The molecular weight excluding hydrogens is 514 g/mol. The smallest absolute Gasteiger partial charge is 0.259 e. The second-order valence-electron chi connectivity index (χ2n) is 10.1. The number of aromatic hydroxyl groups is 1. The Morgan fingerprint density at radius 3 is 2.22 bits per heavy atom. The monoisotopic (exact) mass is 537 g/mol. The van der Waals surface area contributed by atoms with Crippen molar-refractivity contribution in [1.82, 2.24) is 4.98 Å². The third kappa shape index (κ3) is 3.74. The van der Waals surface area contributed by atoms with E-state index in [0.29, 0.717) is 40.1 Å². The first-order valence-electron chi connectivity index (χ1n) is 13.2. The minimum atomic E-state index is -0.152. The zero-order valence-corrected chi connectivity index (χ0v) is 22.0. The zero-order chi connectivity index (χ0) is 28.2. The van der Waals surface area contributed by atoms with E-state index in [1.54, 1.807) is 24.1 Å². The predicted octanol–water partition coefficient (Wildman–Crippen LogP) is 5.89. The van der Waals surface area contributed by atoms with Crippen LogP contribution in [0.5, 0.6) is 5.88 Å². The highest BCUT2D eigenvalue weighted by Crippen LogP contribution is 2.43. The van der Waals surface area contributed by atoms with Gasteiger partial charge < -0.3 is 15.0 Å². The van der Waals surface area contributed by atoms with Crippen molar-refractivity contribution in [2.45, 2.75) is 6.42 Å². The van der Waals surface area contributed by atoms with Crippen LogP contribution in [0.2, 0.25) is 0 Å². The van der Waals surface area contributed by atoms with Crippen molar-refractivity contribution in [3.05, 3.63) is 125 Å². The van der Waals surface area contributed by atoms with E-state index in [0.717, 1.165) is 33.3 Å². The molecule has 0 unspecified atom stereocenters. The van der Waals surface area contributed by atoms with Gasteiger partial charge in [-0.15, -0.1) is 0 Å². The number of H-pyrrole nitrogens is 1. The minimum absolute atomic E-state index is 0.0221. The van der Waals surface area contributed by atoms with Gasteiger partial charge in [0.2, 0.25) is 5.78 Å². The molecule has 4 aromatic carbocycles. The van der Waals surface area contributed by atoms with E-state index in [4.69, 9.17) is 0 Å². The molecule has 0 atom stereocenters. The summed E-state index contributed by atoms with van der Waals surface area (Å²) in [6.45, 7) is 0. The number of para-hydroxylation sites is 3. The van der Waals surface area contributed by atoms with Crippen molar-refractivity contribution < 1.29 is 19.5 Å². The van der Waals surface area contributed by atoms with Gasteiger partial charge in [-0.2, -0.15) is 0 Å². The molecule has 1 aliphatic carbocycles. The predicted molar refractivity (Wildman–Crippen MR) is 159 cm³/mol. The summed E-state index contributed by atoms with van der Waals surface area (Å²) in [6, 6.07) is 30.0. The number of anilines is 1. The Bertz CT molecular complexity index is 2010. The van der Waals surface area contributed by atoms with Gasteiger partial charge >= 0.3 is 0 Å². The van der Waals surface area contributed by atoms with E-state index < -0.39 is 0 Å². The quantitative estimate of drug-likeness (QED) is 0.260. The van der Waals surface area contributed by atoms with Crippen LogP contribution in [0.15, 0.2) is 102 Å². The molecule has 3 heterocycles. The highest BCUT2D eigenvalue weighted by atomic mass is 16.3. The number of hydrogen-bond donors (Lipinski definition) is 2. The van der Waals surface area contributed by atoms with Gasteiger partial charge in [-0.1, -0.05) is 72.8 Å². The van der Waals surface area contributed by atoms with Crippen molar-refractivity contribution in [2.75, 3.05) is 11.9 Å². The van der Waals surface area contributed by atoms with Gasteiger partial charge in [0, 0.05) is 41.1 Å². The number of hydrogen-bond acceptors (Lipinski definition) is 5. The third-order valence-corrected chi connectivity index (χ3v) is 7.74. The number of aromatic nitrogens is 1. The number of carbonyl (C=O) groups excluding carboxylic acids is 3. The molecule has 0 spiro atoms. The Kier molecular flexibility index (Phi) is 5.54. The molecule has 0 saturated carbocycles. The van der Waals surface area contributed by atoms with Crippen LogP contribution < -0.4 is 4.90 Å². The van der Waals surface area contributed by atoms with Crippen LogP contribution in [0.1, 0.15) is 32.6 Å². The molecule has 41 heavy (non-hydrogen) atoms. The fourth-order valence-corrected chi connectivity index (χ4v) is 5.81. The van der Waals surface area contributed by atoms with E-state index in [-0.39, 0.29) is 23.4 Å². The fraction of sp³-hybridized carbons (Fsp3) is 0.0588. The van der Waals surface area contributed by atoms with Crippen molar-refractivity contribution in [3.63, 3.8) is 0 Å². The summed E-state index contributed by atoms with van der Waals surface area (Å²) in [5, 5.41) is 10.9. The average Bonchev–Trinajstić information content (AvgIpc) is 3.68. The lowest BCUT2D eigenvalue weighted by molar-refractivity contribution is -0.114. The zero-order valence-electron chi connectivity index (χ0n) is 22.0. The van der Waals surface area contributed by atoms with Crippen LogP contribution in [-0.2, 0) is 16.0 Å². The molecule has 0 saturated heterocycles. The second-order valence-corrected chi connectivity index (χ2v) is 10.1. The van der Waals surface area contributed by atoms with Gasteiger partial charge in [-0.3, -0.25) is 14.4 Å². The van der Waals surface area contributed by atoms with Crippen LogP contribution in [0.25, 0.3) is 22.0 Å². The van der Waals surface area contributed by atoms with Crippen LogP contribution in [0.4, 0.5) is 11.4 Å². The summed E-state index contributed by atoms with van der Waals surface area (Å²) in [6.07, 6.45) is 0.383. The van der Waals surface area contributed by atoms with Gasteiger partial charge in [-0.05, 0) is 35.4 Å². The number of ketones is 2. The number of likely N-dealkylation sites (N-methyl/N-ethyl adjacent to an activating group) is 1. The molecule has 0 fully saturated rings. The van der Waals surface area contributed by atoms with Gasteiger partial charge in [0.05, 0.1) is 22.5 Å². The van der Waals surface area contributed by atoms with E-state index in [2.05, 4.69) is 9.98 Å². The van der Waals surface area contributed by atoms with Crippen LogP contribution in [-0.4, -0.2) is 40.3 Å². The topological polar surface area (TPSA) is 103 Å². The molecule has 1 amide bonds. The normalized spacial score (nSPS) is 16.9. The largest absolute Gasteiger partial charge is 0.494 e. The third-order valence-electron chi connectivity index (χ3n) is 7.74. The first-order valence-corrected chi connectivity index (χ1v) is 13.2. The van der Waals surface area contributed by atoms with E-state index in [9.17, 15) is 19.5 Å². The van der Waals surface area contributed by atoms with Crippen LogP contribution in [0, 0.1) is 0 Å². The van der Waals surface area contributed by atoms with Gasteiger partial charge in [-0.25, -0.2) is 4.99 Å². The van der Waals surface area contributed by atoms with Gasteiger partial charge in [0.1, 0.15) is 5.71 Å². The minimum Gasteiger partial charge on any atom is -0.494 e. The summed E-state index contributed by atoms with van der Waals surface area (Å²) in [4.78, 5) is 46.4. The highest BCUT2D eigenvalue weighted by molar-refractivity contribution is 6.56. The summed E-state index contributed by atoms with van der Waals surface area (Å²) in [7, 11) is 1.75. The Labute approximate surface area is 235 Å². The lowest BCUT2D eigenvalue weighted by atomic mass is 9.96. The standard InChI is InChI=1S/C18H13NO2.C16H10N2O2/c1-19-14-9-5-4-8-13(14)17(18(19)21)16-12-7-3-2-6-11(12)10-15(16)20;19-15-10-6-2-4-8-12(10)17-14(15)13-9-5-1-3-7-11(9)18-16(13)20/h2-9H,10H2,1H3;1-8,18,20H/b17-16+;. The van der Waals surface area contributed by atoms with E-state index >= 15 is 0 Å². The van der Waals surface area contributed by atoms with Gasteiger partial charge in [0.15, 0.2) is 11.7 Å². The van der Waals surface area contributed by atoms with Crippen LogP contribution >= 0.6 is 0 Å². The van der Waals surface area contributed by atoms with E-state index in [1.165, 1.54) is 0 Å². The lowest BCUT2D eigenvalue weighted by Crippen LogP contribution is -2.21. The molecule has 0 radical (unpaired) electrons. The number of rotatable bonds is 1. The number of Topliss-reactive ketones (excluding diaryl/α,β-unsaturated/α-hetero) is 2. The number of carbonyl (C=O) groups is 3. The van der Waals surface area contributed by atoms with Crippen molar-refractivity contribution in [3.8, 4) is 5.88 Å². The Hall–Kier alpha value is -5.56. The summed E-state index contributed by atoms with van der Waals surface area (Å²) in [5.74, 6) is -0.243. The summed E-state index contributed by atoms with van der Waals surface area (Å²) >= 11 is 0. The average molecular weight is 538 g/mol. The Morgan fingerprint density at radius 1 is 0.756 bits per heavy atom. The van der Waals surface area contributed by atoms with E-state index in [1.807, 2.05) is 84.9 Å². The maximum atomic E-state index is 12.6. The SMILES string of the molecule is CN1C(=O)/C(=C2/C(=O)Cc3ccccc32)c2ccccc21.O=C1C(c2c(O)[nH]c3ccccc23)=Nc2ccccc21. The van der Waals surface area contributed by atoms with Crippen molar-refractivity contribution >= 4 is 56.6 Å². The first kappa shape index (κ1) is 24.5. The Morgan fingerprint density at radius 2 is 1.41 bits per heavy atom. The number of benzene rings is 4. The number of amides is 1. The second kappa shape index (κ2) is 9.27. The number of nitrogens with one attached hydrogen (secondary N) is 1. The molecule has 7 heteroatoms. The molecular formula is C34H23N3O4. The molecule has 8 rings (SSSR count). The Balaban J connectivity index is 0.000000135. The summed E-state index contributed by atoms with van der Waals surface area (Å²) in [5.41, 5.74) is 7.52. The van der Waals surface area contributed by atoms with Crippen molar-refractivity contribution in [2.24, 2.45) is 4.99 Å². The summed E-state index contributed by atoms with van der Waals surface area (Å²) < 4.78 is 0. The molecule has 3 aliphatic rings. The van der Waals surface area contributed by atoms with Crippen molar-refractivity contribution in [1.29, 1.82) is 0 Å². The molecule has 2 N–H and O–H groups in total. The molecule has 2 aliphatic heterocycles. The highest BCUT2D eigenvalue weighted by Gasteiger charge is 2.37. The maximum absolute atomic E-state index is 12.6. The number of nitrogens with zero attached hydrogens (tertiary/aromatic N) is 2. The number of fused-ring (bicyclic) bond motifs is 4. The number of allylic oxidation sites excluding steroid dienone is 1. The molecule has 198 valence electrons. The lowest BCUT2D eigenvalue weighted by Gasteiger charge is -2.08. The number of aliphatic imine (C=N–C) groups is 1. The molecule has 5 aromatic rings. The number of aromatic amines is 1. The first-order chi connectivity index (χ1) is 19.9. The fourth-order valence-electron chi connectivity index (χ4n) is 5.81. The molecule has 7 nitrogen and oxygen atoms in total.